The van der Waals surface area contributed by atoms with Crippen LogP contribution in [0.5, 0.6) is 0 Å². The van der Waals surface area contributed by atoms with Crippen LogP contribution in [0.1, 0.15) is 0 Å². The summed E-state index contributed by atoms with van der Waals surface area (Å²) in [5.41, 5.74) is 0. The largest absolute Gasteiger partial charge is 0.277 e. The lowest BCUT2D eigenvalue weighted by molar-refractivity contribution is -0.439. The van der Waals surface area contributed by atoms with Crippen molar-refractivity contribution in [3.05, 3.63) is 0 Å². The molecule has 7 heavy (non-hydrogen) atoms. The van der Waals surface area contributed by atoms with Crippen LogP contribution >= 0.6 is 11.6 Å². The number of halogens is 1. The molecule has 1 aliphatic heterocycles. The van der Waals surface area contributed by atoms with Gasteiger partial charge in [-0.15, -0.1) is 11.6 Å². The molecule has 0 radical (unpaired) electrons. The lowest BCUT2D eigenvalue weighted by Crippen LogP contribution is -2.66. The summed E-state index contributed by atoms with van der Waals surface area (Å²) in [4.78, 5) is 2.99. The monoisotopic (exact) mass is 121 g/mol. The molecule has 0 aliphatic carbocycles. The molecular weight excluding hydrogens is 112 g/mol. The van der Waals surface area contributed by atoms with E-state index < -0.39 is 0 Å². The van der Waals surface area contributed by atoms with Crippen molar-refractivity contribution in [2.45, 2.75) is 0 Å². The molecular formula is C4H10ClN2+. The van der Waals surface area contributed by atoms with Crippen molar-refractivity contribution in [1.82, 2.24) is 5.32 Å². The van der Waals surface area contributed by atoms with Crippen molar-refractivity contribution >= 4 is 17.9 Å². The van der Waals surface area contributed by atoms with E-state index in [9.17, 15) is 0 Å². The highest BCUT2D eigenvalue weighted by Gasteiger charge is 1.90. The van der Waals surface area contributed by atoms with E-state index in [1.54, 1.807) is 0 Å². The van der Waals surface area contributed by atoms with Crippen molar-refractivity contribution in [2.75, 3.05) is 19.5 Å². The molecule has 3 heteroatoms. The minimum absolute atomic E-state index is 1.08. The van der Waals surface area contributed by atoms with E-state index in [1.807, 2.05) is 6.34 Å². The first kappa shape index (κ1) is 6.76. The van der Waals surface area contributed by atoms with Gasteiger partial charge in [0.2, 0.25) is 6.34 Å². The van der Waals surface area contributed by atoms with Crippen molar-refractivity contribution < 1.29 is 4.99 Å². The van der Waals surface area contributed by atoms with E-state index in [2.05, 4.69) is 21.9 Å². The molecule has 0 amide bonds. The maximum atomic E-state index is 4.64. The molecule has 1 rings (SSSR count). The summed E-state index contributed by atoms with van der Waals surface area (Å²) >= 11 is 4.64. The predicted molar refractivity (Wildman–Crippen MR) is 31.7 cm³/mol. The van der Waals surface area contributed by atoms with Crippen molar-refractivity contribution in [3.63, 3.8) is 0 Å². The maximum absolute atomic E-state index is 4.64. The highest BCUT2D eigenvalue weighted by Crippen LogP contribution is 1.41. The Hall–Kier alpha value is -0.240. The molecule has 2 N–H and O–H groups in total. The van der Waals surface area contributed by atoms with Crippen molar-refractivity contribution in [1.29, 1.82) is 0 Å². The Balaban J connectivity index is 0.000000162. The summed E-state index contributed by atoms with van der Waals surface area (Å²) in [6.45, 7) is 2.17. The number of alkyl halides is 1. The third kappa shape index (κ3) is 3.59. The summed E-state index contributed by atoms with van der Waals surface area (Å²) < 4.78 is 0. The van der Waals surface area contributed by atoms with Gasteiger partial charge in [0, 0.05) is 6.38 Å². The molecule has 0 fully saturated rings. The third-order valence-electron chi connectivity index (χ3n) is 0.618. The van der Waals surface area contributed by atoms with Gasteiger partial charge in [-0.1, -0.05) is 0 Å². The maximum Gasteiger partial charge on any atom is 0.230 e. The van der Waals surface area contributed by atoms with Gasteiger partial charge >= 0.3 is 0 Å². The molecule has 0 spiro atoms. The quantitative estimate of drug-likeness (QED) is 0.377. The summed E-state index contributed by atoms with van der Waals surface area (Å²) in [7, 11) is 0. The van der Waals surface area contributed by atoms with E-state index in [4.69, 9.17) is 0 Å². The molecule has 2 nitrogen and oxygen atoms in total. The fraction of sp³-hybridized carbons (Fsp3) is 0.750. The molecule has 0 unspecified atom stereocenters. The van der Waals surface area contributed by atoms with Gasteiger partial charge in [0.25, 0.3) is 0 Å². The third-order valence-corrected chi connectivity index (χ3v) is 0.618. The van der Waals surface area contributed by atoms with E-state index >= 15 is 0 Å². The average molecular weight is 122 g/mol. The van der Waals surface area contributed by atoms with E-state index in [0.717, 1.165) is 13.1 Å². The second-order valence-corrected chi connectivity index (χ2v) is 1.05. The van der Waals surface area contributed by atoms with E-state index in [-0.39, 0.29) is 0 Å². The average Bonchev–Trinajstić information content (AvgIpc) is 2.23. The Kier molecular flexibility index (Phi) is 5.56. The van der Waals surface area contributed by atoms with Gasteiger partial charge in [-0.25, -0.2) is 0 Å². The standard InChI is InChI=1S/C3H6N2.CH3Cl/c1-2-5-3-4-1;1-2/h3H,1-2H2,(H,4,5);1H3/p+1. The van der Waals surface area contributed by atoms with E-state index in [1.165, 1.54) is 6.38 Å². The predicted octanol–water partition coefficient (Wildman–Crippen LogP) is -1.45. The minimum atomic E-state index is 1.08. The topological polar surface area (TPSA) is 26.0 Å². The first-order valence-electron chi connectivity index (χ1n) is 2.16. The number of hydrogen-bond acceptors (Lipinski definition) is 1. The van der Waals surface area contributed by atoms with Crippen LogP contribution in [0.2, 0.25) is 0 Å². The Bertz CT molecular complexity index is 47.7. The molecule has 1 heterocycles. The zero-order valence-electron chi connectivity index (χ0n) is 4.37. The van der Waals surface area contributed by atoms with Crippen molar-refractivity contribution in [3.8, 4) is 0 Å². The van der Waals surface area contributed by atoms with Crippen LogP contribution in [0.3, 0.4) is 0 Å². The number of hydrogen-bond donors (Lipinski definition) is 2. The molecule has 0 saturated heterocycles. The fourth-order valence-electron chi connectivity index (χ4n) is 0.361. The highest BCUT2D eigenvalue weighted by molar-refractivity contribution is 6.15. The second kappa shape index (κ2) is 5.76. The normalized spacial score (nSPS) is 14.6. The van der Waals surface area contributed by atoms with Crippen LogP contribution in [-0.4, -0.2) is 25.8 Å². The first-order chi connectivity index (χ1) is 3.50. The number of rotatable bonds is 0. The highest BCUT2D eigenvalue weighted by atomic mass is 35.5. The molecule has 0 atom stereocenters. The lowest BCUT2D eigenvalue weighted by atomic mass is 10.7. The molecule has 0 aromatic heterocycles. The molecule has 0 aromatic carbocycles. The molecule has 42 valence electrons. The van der Waals surface area contributed by atoms with Gasteiger partial charge in [0.05, 0.1) is 0 Å². The molecule has 0 bridgehead atoms. The second-order valence-electron chi connectivity index (χ2n) is 1.05. The van der Waals surface area contributed by atoms with Gasteiger partial charge in [0.15, 0.2) is 0 Å². The number of nitrogens with one attached hydrogen (secondary N) is 2. The van der Waals surface area contributed by atoms with Gasteiger partial charge in [-0.3, -0.25) is 10.3 Å². The smallest absolute Gasteiger partial charge is 0.230 e. The molecule has 0 aromatic rings. The zero-order valence-corrected chi connectivity index (χ0v) is 5.13. The Morgan fingerprint density at radius 3 is 2.57 bits per heavy atom. The van der Waals surface area contributed by atoms with Crippen LogP contribution in [-0.2, 0) is 0 Å². The van der Waals surface area contributed by atoms with Crippen molar-refractivity contribution in [2.24, 2.45) is 0 Å². The lowest BCUT2D eigenvalue weighted by Gasteiger charge is -1.66. The summed E-state index contributed by atoms with van der Waals surface area (Å²) in [5.74, 6) is 0. The Morgan fingerprint density at radius 1 is 1.71 bits per heavy atom. The molecule has 1 aliphatic rings. The van der Waals surface area contributed by atoms with Gasteiger partial charge in [0.1, 0.15) is 13.1 Å². The first-order valence-corrected chi connectivity index (χ1v) is 2.92. The van der Waals surface area contributed by atoms with Crippen LogP contribution < -0.4 is 10.3 Å². The van der Waals surface area contributed by atoms with Crippen LogP contribution in [0, 0.1) is 0 Å². The van der Waals surface area contributed by atoms with Crippen LogP contribution in [0.25, 0.3) is 0 Å². The Morgan fingerprint density at radius 2 is 2.43 bits per heavy atom. The Labute approximate surface area is 48.6 Å². The van der Waals surface area contributed by atoms with Gasteiger partial charge < -0.3 is 0 Å². The van der Waals surface area contributed by atoms with E-state index in [0.29, 0.717) is 0 Å². The summed E-state index contributed by atoms with van der Waals surface area (Å²) in [6.07, 6.45) is 3.33. The summed E-state index contributed by atoms with van der Waals surface area (Å²) in [6, 6.07) is 0. The fourth-order valence-corrected chi connectivity index (χ4v) is 0.361. The van der Waals surface area contributed by atoms with Crippen LogP contribution in [0.4, 0.5) is 0 Å². The molecule has 0 saturated carbocycles. The van der Waals surface area contributed by atoms with Crippen LogP contribution in [0.15, 0.2) is 0 Å². The zero-order chi connectivity index (χ0) is 5.54. The summed E-state index contributed by atoms with van der Waals surface area (Å²) in [5, 5.41) is 2.99. The van der Waals surface area contributed by atoms with Gasteiger partial charge in [-0.05, 0) is 0 Å². The minimum Gasteiger partial charge on any atom is -0.277 e. The van der Waals surface area contributed by atoms with Gasteiger partial charge in [-0.2, -0.15) is 0 Å². The SMILES string of the molecule is C1=[NH+]CCN1.CCl.